The van der Waals surface area contributed by atoms with Gasteiger partial charge in [-0.25, -0.2) is 9.13 Å². The van der Waals surface area contributed by atoms with Crippen LogP contribution in [0.25, 0.3) is 78.4 Å². The smallest absolute Gasteiger partial charge is 0.354 e. The van der Waals surface area contributed by atoms with Gasteiger partial charge in [0, 0.05) is 77.0 Å². The number of quaternary nitrogens is 2. The van der Waals surface area contributed by atoms with Crippen LogP contribution in [0.15, 0.2) is 168 Å². The summed E-state index contributed by atoms with van der Waals surface area (Å²) in [5.74, 6) is 6.64. The van der Waals surface area contributed by atoms with Crippen molar-refractivity contribution in [2.75, 3.05) is 0 Å². The largest absolute Gasteiger partial charge is 0.606 e. The van der Waals surface area contributed by atoms with Crippen molar-refractivity contribution < 1.29 is 37.5 Å². The second-order valence-electron chi connectivity index (χ2n) is 21.8. The number of para-hydroxylation sites is 1. The van der Waals surface area contributed by atoms with Crippen LogP contribution in [0.1, 0.15) is 45.5 Å². The maximum atomic E-state index is 15.1. The molecule has 0 amide bonds. The monoisotopic (exact) mass is 1010 g/mol. The van der Waals surface area contributed by atoms with E-state index in [-0.39, 0.29) is 21.2 Å². The van der Waals surface area contributed by atoms with Gasteiger partial charge in [0.2, 0.25) is 29.2 Å². The summed E-state index contributed by atoms with van der Waals surface area (Å²) in [6, 6.07) is 45.2. The summed E-state index contributed by atoms with van der Waals surface area (Å²) >= 11 is -1.42. The zero-order valence-electron chi connectivity index (χ0n) is 40.7. The summed E-state index contributed by atoms with van der Waals surface area (Å²) in [4.78, 5) is 11.8. The molecule has 10 aliphatic rings. The molecule has 0 N–H and O–H groups in total. The Morgan fingerprint density at radius 3 is 1.92 bits per heavy atom. The molecule has 14 heterocycles. The first-order chi connectivity index (χ1) is 38.0. The van der Waals surface area contributed by atoms with E-state index in [9.17, 15) is 0 Å². The predicted molar refractivity (Wildman–Crippen MR) is 280 cm³/mol. The molecule has 22 rings (SSSR count). The van der Waals surface area contributed by atoms with Crippen molar-refractivity contribution in [3.05, 3.63) is 192 Å². The number of nitrogens with zero attached hydrogens (tertiary/aromatic N) is 10. The summed E-state index contributed by atoms with van der Waals surface area (Å²) in [6.07, 6.45) is 10.4. The van der Waals surface area contributed by atoms with Crippen molar-refractivity contribution in [3.63, 3.8) is 0 Å². The van der Waals surface area contributed by atoms with Crippen molar-refractivity contribution in [1.82, 2.24) is 28.5 Å². The van der Waals surface area contributed by atoms with E-state index in [1.807, 2.05) is 18.6 Å². The molecule has 6 aromatic heterocycles. The van der Waals surface area contributed by atoms with Gasteiger partial charge >= 0.3 is 17.3 Å². The molecule has 5 atom stereocenters. The molecule has 77 heavy (non-hydrogen) atoms. The molecule has 0 bridgehead atoms. The summed E-state index contributed by atoms with van der Waals surface area (Å²) < 4.78 is 51.5. The first kappa shape index (κ1) is 38.1. The van der Waals surface area contributed by atoms with Gasteiger partial charge in [0.1, 0.15) is 49.4 Å². The molecular weight excluding hydrogens is 981 g/mol. The molecule has 0 radical (unpaired) electrons. The van der Waals surface area contributed by atoms with Crippen LogP contribution in [0.4, 0.5) is 22.7 Å². The van der Waals surface area contributed by atoms with Crippen LogP contribution in [-0.2, 0) is 25.3 Å². The number of imidazole rings is 2. The maximum Gasteiger partial charge on any atom is 0.354 e. The number of aryl methyl sites for hydroxylation is 2. The third kappa shape index (κ3) is 3.54. The normalized spacial score (nSPS) is 21.7. The van der Waals surface area contributed by atoms with Crippen LogP contribution in [0.2, 0.25) is 0 Å². The minimum Gasteiger partial charge on any atom is -0.606 e. The second kappa shape index (κ2) is 11.6. The SMILES string of the molecule is Cn1c2[n+](c3cc(-c4ccc5c6c4Oc4ccc7c8c4[N+]6([n+]4cccc6c4C8c4c-6cccc4[S+]7[O-])[n+]4c-5n(C)c5cnccc54)ncc31)[N+]13c4c(cccc4-2)Oc2ccc4c(c21)C1c2c(cccc2-c2ccc[n+]3c21)O4. The van der Waals surface area contributed by atoms with Crippen LogP contribution < -0.4 is 42.3 Å². The van der Waals surface area contributed by atoms with Gasteiger partial charge in [0.05, 0.1) is 48.9 Å². The summed E-state index contributed by atoms with van der Waals surface area (Å²) in [5, 5.41) is 0. The van der Waals surface area contributed by atoms with E-state index in [1.54, 1.807) is 0 Å². The van der Waals surface area contributed by atoms with Gasteiger partial charge < -0.3 is 18.8 Å². The molecule has 12 aromatic rings. The highest BCUT2D eigenvalue weighted by atomic mass is 32.2. The fraction of sp³-hybridized carbons (Fsp3) is 0.0645. The molecular formula is C62H34N10O4S+6. The number of hydrogen-bond donors (Lipinski definition) is 0. The van der Waals surface area contributed by atoms with Crippen LogP contribution in [-0.4, -0.2) is 23.7 Å². The van der Waals surface area contributed by atoms with Crippen LogP contribution in [0.5, 0.6) is 34.5 Å². The van der Waals surface area contributed by atoms with Crippen LogP contribution in [0, 0.1) is 0 Å². The Kier molecular flexibility index (Phi) is 5.76. The highest BCUT2D eigenvalue weighted by Gasteiger charge is 2.76. The summed E-state index contributed by atoms with van der Waals surface area (Å²) in [5.41, 5.74) is 23.3. The van der Waals surface area contributed by atoms with Crippen molar-refractivity contribution in [3.8, 4) is 90.8 Å². The van der Waals surface area contributed by atoms with Gasteiger partial charge in [-0.15, -0.1) is 0 Å². The molecule has 2 aliphatic carbocycles. The Balaban J connectivity index is 0.862. The van der Waals surface area contributed by atoms with Gasteiger partial charge in [-0.2, -0.15) is 0 Å². The fourth-order valence-corrected chi connectivity index (χ4v) is 18.0. The highest BCUT2D eigenvalue weighted by Crippen LogP contribution is 2.70. The average Bonchev–Trinajstić information content (AvgIpc) is 3.59. The van der Waals surface area contributed by atoms with Gasteiger partial charge in [0.15, 0.2) is 38.1 Å². The van der Waals surface area contributed by atoms with Crippen molar-refractivity contribution in [2.24, 2.45) is 14.1 Å². The highest BCUT2D eigenvalue weighted by molar-refractivity contribution is 7.91. The van der Waals surface area contributed by atoms with Gasteiger partial charge in [-0.3, -0.25) is 9.97 Å². The minimum absolute atomic E-state index is 0.0463. The van der Waals surface area contributed by atoms with Gasteiger partial charge in [-0.1, -0.05) is 30.3 Å². The van der Waals surface area contributed by atoms with Gasteiger partial charge in [0.25, 0.3) is 28.5 Å². The average molecular weight is 1020 g/mol. The lowest BCUT2D eigenvalue weighted by atomic mass is 9.85. The van der Waals surface area contributed by atoms with E-state index in [4.69, 9.17) is 19.2 Å². The number of aromatic nitrogens is 8. The molecule has 0 fully saturated rings. The summed E-state index contributed by atoms with van der Waals surface area (Å²) in [7, 11) is 4.29. The maximum absolute atomic E-state index is 15.1. The molecule has 0 saturated carbocycles. The van der Waals surface area contributed by atoms with E-state index >= 15 is 4.55 Å². The Labute approximate surface area is 438 Å². The molecule has 5 unspecified atom stereocenters. The number of fused-ring (bicyclic) bond motifs is 10. The molecule has 356 valence electrons. The van der Waals surface area contributed by atoms with Crippen molar-refractivity contribution in [1.29, 1.82) is 0 Å². The van der Waals surface area contributed by atoms with Crippen LogP contribution >= 0.6 is 0 Å². The molecule has 0 saturated heterocycles. The van der Waals surface area contributed by atoms with E-state index in [0.29, 0.717) is 11.5 Å². The van der Waals surface area contributed by atoms with Crippen molar-refractivity contribution >= 4 is 56.0 Å². The number of hydrogen-bond acceptors (Lipinski definition) is 6. The molecule has 6 aromatic carbocycles. The molecule has 8 aliphatic heterocycles. The lowest BCUT2D eigenvalue weighted by molar-refractivity contribution is -1.03. The molecule has 15 heteroatoms. The Morgan fingerprint density at radius 2 is 1.09 bits per heavy atom. The number of benzene rings is 6. The van der Waals surface area contributed by atoms with E-state index in [0.717, 1.165) is 139 Å². The Bertz CT molecular complexity index is 5140. The Morgan fingerprint density at radius 1 is 0.506 bits per heavy atom. The summed E-state index contributed by atoms with van der Waals surface area (Å²) in [6.45, 7) is 0. The van der Waals surface area contributed by atoms with Gasteiger partial charge in [-0.05, 0) is 83.9 Å². The molecule has 14 nitrogen and oxygen atoms in total. The predicted octanol–water partition coefficient (Wildman–Crippen LogP) is 10.1. The molecule has 2 spiro atoms. The fourth-order valence-electron chi connectivity index (χ4n) is 16.5. The van der Waals surface area contributed by atoms with E-state index in [1.165, 1.54) is 28.1 Å². The zero-order valence-corrected chi connectivity index (χ0v) is 41.5. The second-order valence-corrected chi connectivity index (χ2v) is 23.2. The quantitative estimate of drug-likeness (QED) is 0.0923. The number of rotatable bonds is 1. The number of ether oxygens (including phenoxy) is 3. The first-order valence-electron chi connectivity index (χ1n) is 26.0. The third-order valence-electron chi connectivity index (χ3n) is 19.0. The van der Waals surface area contributed by atoms with Crippen molar-refractivity contribution in [2.45, 2.75) is 21.6 Å². The minimum atomic E-state index is -1.42. The third-order valence-corrected chi connectivity index (χ3v) is 20.5. The lowest BCUT2D eigenvalue weighted by Crippen LogP contribution is -2.85. The van der Waals surface area contributed by atoms with E-state index < -0.39 is 11.2 Å². The zero-order chi connectivity index (χ0) is 49.6. The standard InChI is InChI=1S/C62H34N10O4S/c1-65-39-27-63-23-22-37(39)69-62(65)35-17-16-33(60-57(35)72(69)59-45(76-60)20-21-47-51(59)53-49-30(9-5-15-46(49)77(47)73)32-12-7-25-68(72)55(32)53)36-26-38-40(28-64-36)66(2)61-34-10-4-14-43-56(34)71(70(38)61)58-44(75-43)19-18-42-50(58)52-48-29(8-3-13-41(48)74-42)31-11-6-24-67(71)54(31)52/h3-28,52-53H,1-2H3/q+6. The van der Waals surface area contributed by atoms with E-state index in [2.05, 4.69) is 187 Å². The lowest BCUT2D eigenvalue weighted by Gasteiger charge is -2.37. The number of pyridine rings is 4. The van der Waals surface area contributed by atoms with Crippen LogP contribution in [0.3, 0.4) is 0 Å². The first-order valence-corrected chi connectivity index (χ1v) is 27.2. The Hall–Kier alpha value is -9.51. The topological polar surface area (TPSA) is 102 Å².